The number of hydrogen-bond acceptors (Lipinski definition) is 4. The smallest absolute Gasteiger partial charge is 0.272 e. The quantitative estimate of drug-likeness (QED) is 0.840. The third kappa shape index (κ3) is 3.09. The lowest BCUT2D eigenvalue weighted by molar-refractivity contribution is -0.168. The first-order valence-corrected chi connectivity index (χ1v) is 7.57. The first-order valence-electron chi connectivity index (χ1n) is 7.57. The molecule has 3 rings (SSSR count). The molecule has 5 heteroatoms. The van der Waals surface area contributed by atoms with Crippen LogP contribution in [0, 0.1) is 5.92 Å². The van der Waals surface area contributed by atoms with Crippen molar-refractivity contribution in [3.05, 3.63) is 30.1 Å². The predicted molar refractivity (Wildman–Crippen MR) is 80.1 cm³/mol. The second-order valence-electron chi connectivity index (χ2n) is 6.54. The molecule has 2 aliphatic rings. The minimum atomic E-state index is -0.0900. The lowest BCUT2D eigenvalue weighted by Crippen LogP contribution is -2.66. The van der Waals surface area contributed by atoms with Crippen molar-refractivity contribution < 1.29 is 9.53 Å². The van der Waals surface area contributed by atoms with Crippen LogP contribution < -0.4 is 0 Å². The summed E-state index contributed by atoms with van der Waals surface area (Å²) in [5.41, 5.74) is 0.432. The molecule has 1 amide bonds. The summed E-state index contributed by atoms with van der Waals surface area (Å²) in [7, 11) is 4.20. The predicted octanol–water partition coefficient (Wildman–Crippen LogP) is 1.26. The molecule has 1 aromatic rings. The Balaban J connectivity index is 1.51. The third-order valence-corrected chi connectivity index (χ3v) is 4.39. The van der Waals surface area contributed by atoms with Crippen molar-refractivity contribution in [2.75, 3.05) is 40.3 Å². The molecule has 0 aliphatic carbocycles. The minimum absolute atomic E-state index is 0.0141. The van der Waals surface area contributed by atoms with Gasteiger partial charge in [0.15, 0.2) is 0 Å². The number of carbonyl (C=O) groups excluding carboxylic acids is 1. The van der Waals surface area contributed by atoms with Crippen LogP contribution in [-0.4, -0.2) is 66.6 Å². The number of ether oxygens (including phenoxy) is 1. The Bertz CT molecular complexity index is 488. The van der Waals surface area contributed by atoms with Crippen molar-refractivity contribution in [1.29, 1.82) is 0 Å². The number of carbonyl (C=O) groups is 1. The SMILES string of the molecule is CN(C)CC1CCC2(CN(C(=O)c3ccccn3)C2)OC1. The lowest BCUT2D eigenvalue weighted by atomic mass is 9.82. The van der Waals surface area contributed by atoms with E-state index in [0.29, 0.717) is 24.7 Å². The molecule has 2 aliphatic heterocycles. The molecule has 3 heterocycles. The van der Waals surface area contributed by atoms with Gasteiger partial charge in [-0.05, 0) is 45.0 Å². The molecule has 1 unspecified atom stereocenters. The number of likely N-dealkylation sites (tertiary alicyclic amines) is 1. The first kappa shape index (κ1) is 14.5. The molecule has 114 valence electrons. The molecule has 5 nitrogen and oxygen atoms in total. The van der Waals surface area contributed by atoms with Crippen molar-refractivity contribution in [2.45, 2.75) is 18.4 Å². The topological polar surface area (TPSA) is 45.7 Å². The number of rotatable bonds is 3. The number of hydrogen-bond donors (Lipinski definition) is 0. The van der Waals surface area contributed by atoms with E-state index in [-0.39, 0.29) is 11.5 Å². The minimum Gasteiger partial charge on any atom is -0.371 e. The summed E-state index contributed by atoms with van der Waals surface area (Å²) >= 11 is 0. The Hall–Kier alpha value is -1.46. The zero-order chi connectivity index (χ0) is 14.9. The summed E-state index contributed by atoms with van der Waals surface area (Å²) in [5.74, 6) is 0.631. The second kappa shape index (κ2) is 5.73. The van der Waals surface area contributed by atoms with Crippen LogP contribution >= 0.6 is 0 Å². The monoisotopic (exact) mass is 289 g/mol. The van der Waals surface area contributed by atoms with Crippen LogP contribution in [0.25, 0.3) is 0 Å². The van der Waals surface area contributed by atoms with Gasteiger partial charge in [-0.1, -0.05) is 6.07 Å². The number of aromatic nitrogens is 1. The van der Waals surface area contributed by atoms with E-state index in [0.717, 1.165) is 19.6 Å². The van der Waals surface area contributed by atoms with Crippen molar-refractivity contribution in [2.24, 2.45) is 5.92 Å². The highest BCUT2D eigenvalue weighted by Gasteiger charge is 2.48. The van der Waals surface area contributed by atoms with Gasteiger partial charge in [-0.2, -0.15) is 0 Å². The number of amides is 1. The Morgan fingerprint density at radius 2 is 2.29 bits per heavy atom. The molecule has 0 radical (unpaired) electrons. The van der Waals surface area contributed by atoms with Gasteiger partial charge < -0.3 is 14.5 Å². The van der Waals surface area contributed by atoms with Crippen LogP contribution in [0.5, 0.6) is 0 Å². The van der Waals surface area contributed by atoms with Gasteiger partial charge in [0.05, 0.1) is 19.7 Å². The largest absolute Gasteiger partial charge is 0.371 e. The van der Waals surface area contributed by atoms with Crippen LogP contribution in [0.1, 0.15) is 23.3 Å². The van der Waals surface area contributed by atoms with Gasteiger partial charge in [0.1, 0.15) is 11.3 Å². The van der Waals surface area contributed by atoms with Crippen molar-refractivity contribution in [3.63, 3.8) is 0 Å². The zero-order valence-corrected chi connectivity index (χ0v) is 12.8. The van der Waals surface area contributed by atoms with Crippen molar-refractivity contribution in [1.82, 2.24) is 14.8 Å². The van der Waals surface area contributed by atoms with Gasteiger partial charge in [-0.3, -0.25) is 9.78 Å². The van der Waals surface area contributed by atoms with Crippen LogP contribution in [0.15, 0.2) is 24.4 Å². The first-order chi connectivity index (χ1) is 10.1. The van der Waals surface area contributed by atoms with Gasteiger partial charge in [-0.25, -0.2) is 0 Å². The van der Waals surface area contributed by atoms with E-state index in [1.54, 1.807) is 12.3 Å². The summed E-state index contributed by atoms with van der Waals surface area (Å²) in [6.45, 7) is 3.30. The molecule has 21 heavy (non-hydrogen) atoms. The van der Waals surface area contributed by atoms with E-state index >= 15 is 0 Å². The molecule has 2 saturated heterocycles. The van der Waals surface area contributed by atoms with Crippen molar-refractivity contribution in [3.8, 4) is 0 Å². The molecule has 0 bridgehead atoms. The lowest BCUT2D eigenvalue weighted by Gasteiger charge is -2.52. The summed E-state index contributed by atoms with van der Waals surface area (Å²) < 4.78 is 6.09. The van der Waals surface area contributed by atoms with Gasteiger partial charge in [0.2, 0.25) is 0 Å². The molecule has 1 aromatic heterocycles. The van der Waals surface area contributed by atoms with Crippen LogP contribution in [0.2, 0.25) is 0 Å². The highest BCUT2D eigenvalue weighted by atomic mass is 16.5. The molecule has 0 saturated carbocycles. The average Bonchev–Trinajstić information content (AvgIpc) is 2.45. The maximum atomic E-state index is 12.3. The Morgan fingerprint density at radius 3 is 2.86 bits per heavy atom. The van der Waals surface area contributed by atoms with Gasteiger partial charge >= 0.3 is 0 Å². The highest BCUT2D eigenvalue weighted by Crippen LogP contribution is 2.36. The summed E-state index contributed by atoms with van der Waals surface area (Å²) in [6.07, 6.45) is 3.90. The third-order valence-electron chi connectivity index (χ3n) is 4.39. The fourth-order valence-corrected chi connectivity index (χ4v) is 3.27. The van der Waals surface area contributed by atoms with Crippen LogP contribution in [-0.2, 0) is 4.74 Å². The summed E-state index contributed by atoms with van der Waals surface area (Å²) in [4.78, 5) is 20.4. The Kier molecular flexibility index (Phi) is 3.95. The fourth-order valence-electron chi connectivity index (χ4n) is 3.27. The average molecular weight is 289 g/mol. The highest BCUT2D eigenvalue weighted by molar-refractivity contribution is 5.93. The molecule has 2 fully saturated rings. The molecular weight excluding hydrogens is 266 g/mol. The van der Waals surface area contributed by atoms with E-state index < -0.39 is 0 Å². The second-order valence-corrected chi connectivity index (χ2v) is 6.54. The molecular formula is C16H23N3O2. The zero-order valence-electron chi connectivity index (χ0n) is 12.8. The fraction of sp³-hybridized carbons (Fsp3) is 0.625. The van der Waals surface area contributed by atoms with E-state index in [1.807, 2.05) is 17.0 Å². The number of nitrogens with zero attached hydrogens (tertiary/aromatic N) is 3. The van der Waals surface area contributed by atoms with Crippen molar-refractivity contribution >= 4 is 5.91 Å². The molecule has 0 N–H and O–H groups in total. The Morgan fingerprint density at radius 1 is 1.48 bits per heavy atom. The van der Waals surface area contributed by atoms with Gasteiger partial charge in [0, 0.05) is 12.7 Å². The van der Waals surface area contributed by atoms with Gasteiger partial charge in [0.25, 0.3) is 5.91 Å². The van der Waals surface area contributed by atoms with Gasteiger partial charge in [-0.15, -0.1) is 0 Å². The maximum absolute atomic E-state index is 12.3. The summed E-state index contributed by atoms with van der Waals surface area (Å²) in [6, 6.07) is 5.43. The van der Waals surface area contributed by atoms with E-state index in [9.17, 15) is 4.79 Å². The Labute approximate surface area is 125 Å². The van der Waals surface area contributed by atoms with Crippen LogP contribution in [0.4, 0.5) is 0 Å². The van der Waals surface area contributed by atoms with E-state index in [4.69, 9.17) is 4.74 Å². The van der Waals surface area contributed by atoms with Crippen LogP contribution in [0.3, 0.4) is 0 Å². The van der Waals surface area contributed by atoms with E-state index in [1.165, 1.54) is 6.42 Å². The maximum Gasteiger partial charge on any atom is 0.272 e. The standard InChI is InChI=1S/C16H23N3O2/c1-18(2)9-13-6-7-16(21-10-13)11-19(12-16)15(20)14-5-3-4-8-17-14/h3-5,8,13H,6-7,9-12H2,1-2H3. The summed E-state index contributed by atoms with van der Waals surface area (Å²) in [5, 5.41) is 0. The molecule has 1 spiro atoms. The van der Waals surface area contributed by atoms with E-state index in [2.05, 4.69) is 24.0 Å². The normalized spacial score (nSPS) is 24.1. The molecule has 0 aromatic carbocycles. The number of pyridine rings is 1. The molecule has 1 atom stereocenters.